The van der Waals surface area contributed by atoms with Crippen molar-refractivity contribution in [2.75, 3.05) is 11.9 Å². The van der Waals surface area contributed by atoms with E-state index in [1.54, 1.807) is 6.20 Å². The summed E-state index contributed by atoms with van der Waals surface area (Å²) < 4.78 is 2.07. The number of rotatable bonds is 7. The van der Waals surface area contributed by atoms with Crippen LogP contribution in [-0.2, 0) is 6.54 Å². The van der Waals surface area contributed by atoms with Crippen LogP contribution in [-0.4, -0.2) is 26.1 Å². The molecule has 0 bridgehead atoms. The summed E-state index contributed by atoms with van der Waals surface area (Å²) in [7, 11) is 0. The van der Waals surface area contributed by atoms with E-state index in [1.807, 2.05) is 31.6 Å². The highest BCUT2D eigenvalue weighted by atomic mass is 32.1. The number of imidazole rings is 1. The molecule has 106 valence electrons. The lowest BCUT2D eigenvalue weighted by Gasteiger charge is -2.11. The summed E-state index contributed by atoms with van der Waals surface area (Å²) in [5.41, 5.74) is 7.46. The minimum atomic E-state index is 0.374. The quantitative estimate of drug-likeness (QED) is 0.603. The van der Waals surface area contributed by atoms with Gasteiger partial charge in [0.15, 0.2) is 0 Å². The summed E-state index contributed by atoms with van der Waals surface area (Å²) >= 11 is 5.04. The normalized spacial score (nSPS) is 10.4. The fourth-order valence-electron chi connectivity index (χ4n) is 1.94. The van der Waals surface area contributed by atoms with Gasteiger partial charge in [0.2, 0.25) is 0 Å². The molecule has 0 aliphatic heterocycles. The smallest absolute Gasteiger partial charge is 0.136 e. The molecule has 0 saturated carbocycles. The average Bonchev–Trinajstić information content (AvgIpc) is 2.91. The van der Waals surface area contributed by atoms with Crippen LogP contribution in [0.3, 0.4) is 0 Å². The average molecular weight is 289 g/mol. The number of anilines is 1. The molecule has 0 aliphatic rings. The van der Waals surface area contributed by atoms with Crippen molar-refractivity contribution in [3.05, 3.63) is 42.1 Å². The van der Waals surface area contributed by atoms with Crippen LogP contribution in [0.5, 0.6) is 0 Å². The van der Waals surface area contributed by atoms with E-state index in [9.17, 15) is 0 Å². The van der Waals surface area contributed by atoms with Crippen molar-refractivity contribution >= 4 is 23.0 Å². The number of unbranched alkanes of at least 4 members (excludes halogenated alkanes) is 1. The minimum Gasteiger partial charge on any atom is -0.389 e. The molecule has 0 fully saturated rings. The Morgan fingerprint density at radius 2 is 2.25 bits per heavy atom. The molecule has 0 amide bonds. The second-order valence-corrected chi connectivity index (χ2v) is 5.09. The van der Waals surface area contributed by atoms with Crippen LogP contribution in [0.2, 0.25) is 0 Å². The maximum Gasteiger partial charge on any atom is 0.136 e. The van der Waals surface area contributed by atoms with Gasteiger partial charge in [-0.2, -0.15) is 0 Å². The lowest BCUT2D eigenvalue weighted by atomic mass is 10.2. The lowest BCUT2D eigenvalue weighted by molar-refractivity contribution is 0.620. The molecular formula is C14H19N5S. The molecule has 0 atom stereocenters. The summed E-state index contributed by atoms with van der Waals surface area (Å²) in [6.07, 6.45) is 7.73. The van der Waals surface area contributed by atoms with Crippen molar-refractivity contribution in [1.82, 2.24) is 14.5 Å². The predicted molar refractivity (Wildman–Crippen MR) is 84.8 cm³/mol. The Morgan fingerprint density at radius 3 is 2.95 bits per heavy atom. The summed E-state index contributed by atoms with van der Waals surface area (Å²) in [6.45, 7) is 3.78. The molecule has 0 unspecified atom stereocenters. The first kappa shape index (κ1) is 14.5. The first-order chi connectivity index (χ1) is 9.66. The highest BCUT2D eigenvalue weighted by Gasteiger charge is 2.06. The SMILES string of the molecule is Cc1ccc(C(N)=S)c(NCCCCn2ccnc2)n1. The number of hydrogen-bond acceptors (Lipinski definition) is 4. The molecule has 5 nitrogen and oxygen atoms in total. The highest BCUT2D eigenvalue weighted by molar-refractivity contribution is 7.80. The predicted octanol–water partition coefficient (Wildman–Crippen LogP) is 2.11. The van der Waals surface area contributed by atoms with Gasteiger partial charge in [-0.3, -0.25) is 0 Å². The zero-order chi connectivity index (χ0) is 14.4. The zero-order valence-corrected chi connectivity index (χ0v) is 12.4. The van der Waals surface area contributed by atoms with Crippen LogP contribution >= 0.6 is 12.2 Å². The maximum atomic E-state index is 5.70. The molecule has 2 heterocycles. The molecular weight excluding hydrogens is 270 g/mol. The van der Waals surface area contributed by atoms with E-state index in [-0.39, 0.29) is 0 Å². The second kappa shape index (κ2) is 7.00. The monoisotopic (exact) mass is 289 g/mol. The standard InChI is InChI=1S/C14H19N5S/c1-11-4-5-12(13(15)20)14(18-11)17-6-2-3-8-19-9-7-16-10-19/h4-5,7,9-10H,2-3,6,8H2,1H3,(H2,15,20)(H,17,18). The second-order valence-electron chi connectivity index (χ2n) is 4.65. The van der Waals surface area contributed by atoms with Crippen molar-refractivity contribution in [3.8, 4) is 0 Å². The van der Waals surface area contributed by atoms with Gasteiger partial charge in [-0.25, -0.2) is 9.97 Å². The van der Waals surface area contributed by atoms with Crippen molar-refractivity contribution in [2.45, 2.75) is 26.3 Å². The van der Waals surface area contributed by atoms with Gasteiger partial charge in [0.1, 0.15) is 10.8 Å². The first-order valence-corrected chi connectivity index (χ1v) is 7.04. The summed E-state index contributed by atoms with van der Waals surface area (Å²) in [5, 5.41) is 3.31. The first-order valence-electron chi connectivity index (χ1n) is 6.64. The number of nitrogens with one attached hydrogen (secondary N) is 1. The summed E-state index contributed by atoms with van der Waals surface area (Å²) in [5.74, 6) is 0.778. The molecule has 2 aromatic heterocycles. The molecule has 0 radical (unpaired) electrons. The van der Waals surface area contributed by atoms with Gasteiger partial charge >= 0.3 is 0 Å². The van der Waals surface area contributed by atoms with Crippen molar-refractivity contribution in [3.63, 3.8) is 0 Å². The van der Waals surface area contributed by atoms with Crippen LogP contribution in [0.15, 0.2) is 30.9 Å². The van der Waals surface area contributed by atoms with E-state index in [4.69, 9.17) is 18.0 Å². The molecule has 2 rings (SSSR count). The molecule has 20 heavy (non-hydrogen) atoms. The van der Waals surface area contributed by atoms with E-state index in [0.717, 1.165) is 43.0 Å². The highest BCUT2D eigenvalue weighted by Crippen LogP contribution is 2.13. The zero-order valence-electron chi connectivity index (χ0n) is 11.5. The molecule has 3 N–H and O–H groups in total. The van der Waals surface area contributed by atoms with Crippen molar-refractivity contribution in [2.24, 2.45) is 5.73 Å². The topological polar surface area (TPSA) is 68.8 Å². The Labute approximate surface area is 124 Å². The number of aryl methyl sites for hydroxylation is 2. The van der Waals surface area contributed by atoms with E-state index in [1.165, 1.54) is 0 Å². The molecule has 2 aromatic rings. The molecule has 0 aliphatic carbocycles. The van der Waals surface area contributed by atoms with E-state index in [0.29, 0.717) is 4.99 Å². The fraction of sp³-hybridized carbons (Fsp3) is 0.357. The van der Waals surface area contributed by atoms with Gasteiger partial charge in [-0.15, -0.1) is 0 Å². The Hall–Kier alpha value is -1.95. The van der Waals surface area contributed by atoms with E-state index >= 15 is 0 Å². The molecule has 0 spiro atoms. The van der Waals surface area contributed by atoms with Crippen LogP contribution in [0.4, 0.5) is 5.82 Å². The number of pyridine rings is 1. The minimum absolute atomic E-state index is 0.374. The van der Waals surface area contributed by atoms with Gasteiger partial charge in [-0.05, 0) is 31.9 Å². The summed E-state index contributed by atoms with van der Waals surface area (Å²) in [6, 6.07) is 3.83. The third-order valence-corrected chi connectivity index (χ3v) is 3.21. The molecule has 6 heteroatoms. The Morgan fingerprint density at radius 1 is 1.40 bits per heavy atom. The Balaban J connectivity index is 1.81. The van der Waals surface area contributed by atoms with Crippen LogP contribution < -0.4 is 11.1 Å². The van der Waals surface area contributed by atoms with Gasteiger partial charge in [-0.1, -0.05) is 12.2 Å². The number of nitrogens with zero attached hydrogens (tertiary/aromatic N) is 3. The Kier molecular flexibility index (Phi) is 5.06. The van der Waals surface area contributed by atoms with Crippen molar-refractivity contribution in [1.29, 1.82) is 0 Å². The maximum absolute atomic E-state index is 5.70. The Bertz CT molecular complexity index is 565. The molecule has 0 saturated heterocycles. The number of thiocarbonyl (C=S) groups is 1. The van der Waals surface area contributed by atoms with Crippen molar-refractivity contribution < 1.29 is 0 Å². The number of aromatic nitrogens is 3. The van der Waals surface area contributed by atoms with Crippen LogP contribution in [0.1, 0.15) is 24.1 Å². The van der Waals surface area contributed by atoms with E-state index in [2.05, 4.69) is 19.9 Å². The van der Waals surface area contributed by atoms with Gasteiger partial charge in [0.25, 0.3) is 0 Å². The van der Waals surface area contributed by atoms with Gasteiger partial charge in [0, 0.05) is 31.2 Å². The van der Waals surface area contributed by atoms with Gasteiger partial charge < -0.3 is 15.6 Å². The number of hydrogen-bond donors (Lipinski definition) is 2. The fourth-order valence-corrected chi connectivity index (χ4v) is 2.10. The molecule has 0 aromatic carbocycles. The van der Waals surface area contributed by atoms with E-state index < -0.39 is 0 Å². The van der Waals surface area contributed by atoms with Crippen LogP contribution in [0, 0.1) is 6.92 Å². The third-order valence-electron chi connectivity index (χ3n) is 2.99. The number of nitrogens with two attached hydrogens (primary N) is 1. The largest absolute Gasteiger partial charge is 0.389 e. The van der Waals surface area contributed by atoms with Crippen LogP contribution in [0.25, 0.3) is 0 Å². The lowest BCUT2D eigenvalue weighted by Crippen LogP contribution is -2.15. The summed E-state index contributed by atoms with van der Waals surface area (Å²) in [4.78, 5) is 8.84. The third kappa shape index (κ3) is 4.03. The van der Waals surface area contributed by atoms with Gasteiger partial charge in [0.05, 0.1) is 11.9 Å².